The molecular weight excluding hydrogens is 358 g/mol. The molecule has 0 heterocycles. The molecule has 0 N–H and O–H groups in total. The van der Waals surface area contributed by atoms with Crippen LogP contribution in [0.3, 0.4) is 0 Å². The van der Waals surface area contributed by atoms with Crippen LogP contribution in [0.5, 0.6) is 0 Å². The monoisotopic (exact) mass is 379 g/mol. The fourth-order valence-electron chi connectivity index (χ4n) is 1.83. The predicted octanol–water partition coefficient (Wildman–Crippen LogP) is 2.92. The highest BCUT2D eigenvalue weighted by molar-refractivity contribution is 9.10. The van der Waals surface area contributed by atoms with Gasteiger partial charge in [0.15, 0.2) is 6.29 Å². The summed E-state index contributed by atoms with van der Waals surface area (Å²) in [4.78, 5) is 0. The number of nitrogens with zero attached hydrogens (tertiary/aromatic N) is 1. The van der Waals surface area contributed by atoms with Crippen molar-refractivity contribution in [1.29, 1.82) is 0 Å². The molecule has 7 heteroatoms. The quantitative estimate of drug-likeness (QED) is 0.651. The summed E-state index contributed by atoms with van der Waals surface area (Å²) in [5, 5.41) is 0. The minimum atomic E-state index is -3.43. The molecule has 0 saturated heterocycles. The van der Waals surface area contributed by atoms with E-state index in [1.807, 2.05) is 26.8 Å². The van der Waals surface area contributed by atoms with Crippen LogP contribution in [0.15, 0.2) is 22.7 Å². The zero-order valence-electron chi connectivity index (χ0n) is 12.8. The Morgan fingerprint density at radius 2 is 1.81 bits per heavy atom. The van der Waals surface area contributed by atoms with E-state index in [0.29, 0.717) is 18.9 Å². The molecule has 0 aromatic heterocycles. The van der Waals surface area contributed by atoms with Crippen LogP contribution in [0.1, 0.15) is 19.4 Å². The smallest absolute Gasteiger partial charge is 0.232 e. The predicted molar refractivity (Wildman–Crippen MR) is 88.1 cm³/mol. The lowest BCUT2D eigenvalue weighted by molar-refractivity contribution is -0.128. The van der Waals surface area contributed by atoms with E-state index in [-0.39, 0.29) is 6.54 Å². The van der Waals surface area contributed by atoms with Gasteiger partial charge in [-0.1, -0.05) is 22.0 Å². The average Bonchev–Trinajstić information content (AvgIpc) is 2.38. The van der Waals surface area contributed by atoms with E-state index < -0.39 is 16.3 Å². The van der Waals surface area contributed by atoms with Gasteiger partial charge in [-0.25, -0.2) is 8.42 Å². The number of hydrogen-bond donors (Lipinski definition) is 0. The maximum absolute atomic E-state index is 12.1. The maximum atomic E-state index is 12.1. The van der Waals surface area contributed by atoms with Crippen LogP contribution in [0.25, 0.3) is 0 Å². The third-order valence-electron chi connectivity index (χ3n) is 2.86. The van der Waals surface area contributed by atoms with E-state index in [9.17, 15) is 8.42 Å². The third kappa shape index (κ3) is 5.58. The van der Waals surface area contributed by atoms with Gasteiger partial charge in [-0.2, -0.15) is 0 Å². The van der Waals surface area contributed by atoms with Crippen molar-refractivity contribution in [3.63, 3.8) is 0 Å². The number of ether oxygens (including phenoxy) is 2. The minimum Gasteiger partial charge on any atom is -0.351 e. The van der Waals surface area contributed by atoms with E-state index in [2.05, 4.69) is 15.9 Å². The lowest BCUT2D eigenvalue weighted by Gasteiger charge is -2.27. The molecule has 5 nitrogen and oxygen atoms in total. The molecule has 0 radical (unpaired) electrons. The van der Waals surface area contributed by atoms with Gasteiger partial charge in [-0.05, 0) is 38.5 Å². The van der Waals surface area contributed by atoms with Crippen molar-refractivity contribution < 1.29 is 17.9 Å². The lowest BCUT2D eigenvalue weighted by Crippen LogP contribution is -2.39. The first-order valence-electron chi connectivity index (χ1n) is 6.76. The molecule has 0 unspecified atom stereocenters. The highest BCUT2D eigenvalue weighted by Crippen LogP contribution is 2.25. The van der Waals surface area contributed by atoms with Crippen LogP contribution in [0.4, 0.5) is 5.69 Å². The van der Waals surface area contributed by atoms with Crippen molar-refractivity contribution in [3.05, 3.63) is 28.2 Å². The molecule has 1 rings (SSSR count). The molecular formula is C14H22BrNO4S. The number of aryl methyl sites for hydroxylation is 1. The molecule has 1 aromatic carbocycles. The standard InChI is InChI=1S/C14H22BrNO4S/c1-5-19-14(20-6-2)10-16(21(4,17)18)12-8-7-11(3)13(15)9-12/h7-9,14H,5-6,10H2,1-4H3. The highest BCUT2D eigenvalue weighted by atomic mass is 79.9. The van der Waals surface area contributed by atoms with Crippen molar-refractivity contribution in [2.24, 2.45) is 0 Å². The van der Waals surface area contributed by atoms with E-state index >= 15 is 0 Å². The second kappa shape index (κ2) is 8.12. The summed E-state index contributed by atoms with van der Waals surface area (Å²) in [6.45, 7) is 6.68. The summed E-state index contributed by atoms with van der Waals surface area (Å²) in [7, 11) is -3.43. The van der Waals surface area contributed by atoms with Gasteiger partial charge in [-0.15, -0.1) is 0 Å². The Hall–Kier alpha value is -0.630. The fourth-order valence-corrected chi connectivity index (χ4v) is 3.09. The average molecular weight is 380 g/mol. The van der Waals surface area contributed by atoms with Crippen molar-refractivity contribution in [1.82, 2.24) is 0 Å². The molecule has 0 atom stereocenters. The second-order valence-electron chi connectivity index (χ2n) is 4.57. The number of hydrogen-bond acceptors (Lipinski definition) is 4. The Morgan fingerprint density at radius 1 is 1.24 bits per heavy atom. The molecule has 0 aliphatic heterocycles. The van der Waals surface area contributed by atoms with E-state index in [4.69, 9.17) is 9.47 Å². The molecule has 0 saturated carbocycles. The zero-order chi connectivity index (χ0) is 16.0. The van der Waals surface area contributed by atoms with Crippen LogP contribution < -0.4 is 4.31 Å². The van der Waals surface area contributed by atoms with E-state index in [0.717, 1.165) is 10.0 Å². The Labute approximate surface area is 135 Å². The van der Waals surface area contributed by atoms with E-state index in [1.54, 1.807) is 12.1 Å². The SMILES string of the molecule is CCOC(CN(c1ccc(C)c(Br)c1)S(C)(=O)=O)OCC. The first-order valence-corrected chi connectivity index (χ1v) is 9.40. The molecule has 0 bridgehead atoms. The van der Waals surface area contributed by atoms with Gasteiger partial charge in [0.2, 0.25) is 10.0 Å². The van der Waals surface area contributed by atoms with Gasteiger partial charge in [0.25, 0.3) is 0 Å². The van der Waals surface area contributed by atoms with Gasteiger partial charge in [-0.3, -0.25) is 4.31 Å². The summed E-state index contributed by atoms with van der Waals surface area (Å²) in [6.07, 6.45) is 0.588. The van der Waals surface area contributed by atoms with Crippen LogP contribution in [-0.2, 0) is 19.5 Å². The number of halogens is 1. The minimum absolute atomic E-state index is 0.121. The van der Waals surface area contributed by atoms with Crippen molar-refractivity contribution in [3.8, 4) is 0 Å². The van der Waals surface area contributed by atoms with Gasteiger partial charge in [0.1, 0.15) is 0 Å². The topological polar surface area (TPSA) is 55.8 Å². The highest BCUT2D eigenvalue weighted by Gasteiger charge is 2.23. The summed E-state index contributed by atoms with van der Waals surface area (Å²) < 4.78 is 37.2. The molecule has 0 fully saturated rings. The van der Waals surface area contributed by atoms with E-state index in [1.165, 1.54) is 10.6 Å². The first-order chi connectivity index (χ1) is 9.79. The van der Waals surface area contributed by atoms with Gasteiger partial charge in [0.05, 0.1) is 18.5 Å². The normalized spacial score (nSPS) is 11.9. The zero-order valence-corrected chi connectivity index (χ0v) is 15.2. The van der Waals surface area contributed by atoms with Gasteiger partial charge >= 0.3 is 0 Å². The summed E-state index contributed by atoms with van der Waals surface area (Å²) >= 11 is 3.42. The Kier molecular flexibility index (Phi) is 7.12. The molecule has 0 amide bonds. The van der Waals surface area contributed by atoms with Crippen molar-refractivity contribution >= 4 is 31.6 Å². The summed E-state index contributed by atoms with van der Waals surface area (Å²) in [5.74, 6) is 0. The third-order valence-corrected chi connectivity index (χ3v) is 4.88. The first kappa shape index (κ1) is 18.4. The fraction of sp³-hybridized carbons (Fsp3) is 0.571. The molecule has 120 valence electrons. The van der Waals surface area contributed by atoms with Crippen molar-refractivity contribution in [2.45, 2.75) is 27.1 Å². The van der Waals surface area contributed by atoms with Crippen molar-refractivity contribution in [2.75, 3.05) is 30.3 Å². The summed E-state index contributed by atoms with van der Waals surface area (Å²) in [5.41, 5.74) is 1.62. The number of rotatable bonds is 8. The summed E-state index contributed by atoms with van der Waals surface area (Å²) in [6, 6.07) is 5.43. The second-order valence-corrected chi connectivity index (χ2v) is 7.33. The number of benzene rings is 1. The molecule has 0 spiro atoms. The largest absolute Gasteiger partial charge is 0.351 e. The Bertz CT molecular complexity index is 556. The van der Waals surface area contributed by atoms with Crippen LogP contribution in [-0.4, -0.2) is 40.7 Å². The van der Waals surface area contributed by atoms with Gasteiger partial charge in [0, 0.05) is 17.7 Å². The Morgan fingerprint density at radius 3 is 2.24 bits per heavy atom. The van der Waals surface area contributed by atoms with Crippen LogP contribution in [0.2, 0.25) is 0 Å². The van der Waals surface area contributed by atoms with Gasteiger partial charge < -0.3 is 9.47 Å². The number of sulfonamides is 1. The Balaban J connectivity index is 3.08. The molecule has 0 aliphatic carbocycles. The van der Waals surface area contributed by atoms with Crippen LogP contribution >= 0.6 is 15.9 Å². The maximum Gasteiger partial charge on any atom is 0.232 e. The molecule has 1 aromatic rings. The molecule has 0 aliphatic rings. The lowest BCUT2D eigenvalue weighted by atomic mass is 10.2. The number of anilines is 1. The van der Waals surface area contributed by atoms with Crippen LogP contribution in [0, 0.1) is 6.92 Å². The molecule has 21 heavy (non-hydrogen) atoms.